The molecule has 4 aromatic rings. The normalized spacial score (nSPS) is 10.8. The molecule has 0 atom stereocenters. The van der Waals surface area contributed by atoms with Crippen LogP contribution in [-0.4, -0.2) is 28.0 Å². The Balaban J connectivity index is 1.40. The second-order valence-corrected chi connectivity index (χ2v) is 7.86. The lowest BCUT2D eigenvalue weighted by Gasteiger charge is -2.12. The highest BCUT2D eigenvalue weighted by molar-refractivity contribution is 6.32. The number of fused-ring (bicyclic) bond motifs is 1. The fourth-order valence-corrected chi connectivity index (χ4v) is 3.34. The van der Waals surface area contributed by atoms with E-state index >= 15 is 0 Å². The first kappa shape index (κ1) is 23.1. The topological polar surface area (TPSA) is 112 Å². The molecule has 2 aromatic carbocycles. The van der Waals surface area contributed by atoms with Crippen molar-refractivity contribution in [3.8, 4) is 5.75 Å². The van der Waals surface area contributed by atoms with E-state index in [9.17, 15) is 14.4 Å². The van der Waals surface area contributed by atoms with Crippen LogP contribution >= 0.6 is 11.6 Å². The van der Waals surface area contributed by atoms with Crippen LogP contribution < -0.4 is 15.6 Å². The number of esters is 1. The zero-order chi connectivity index (χ0) is 24.2. The van der Waals surface area contributed by atoms with Crippen molar-refractivity contribution in [2.24, 2.45) is 0 Å². The number of anilines is 1. The molecule has 174 valence electrons. The van der Waals surface area contributed by atoms with Gasteiger partial charge in [-0.1, -0.05) is 29.8 Å². The summed E-state index contributed by atoms with van der Waals surface area (Å²) in [5.74, 6) is -0.120. The molecule has 0 saturated carbocycles. The summed E-state index contributed by atoms with van der Waals surface area (Å²) in [6.45, 7) is 3.04. The molecule has 0 aliphatic rings. The number of aromatic nitrogens is 2. The number of carbonyl (C=O) groups is 2. The van der Waals surface area contributed by atoms with E-state index in [-0.39, 0.29) is 24.5 Å². The van der Waals surface area contributed by atoms with Crippen molar-refractivity contribution in [3.05, 3.63) is 92.6 Å². The van der Waals surface area contributed by atoms with E-state index in [1.54, 1.807) is 56.3 Å². The second-order valence-electron chi connectivity index (χ2n) is 7.46. The van der Waals surface area contributed by atoms with Crippen molar-refractivity contribution in [2.45, 2.75) is 20.5 Å². The molecule has 1 amide bonds. The van der Waals surface area contributed by atoms with Gasteiger partial charge in [0.1, 0.15) is 18.1 Å². The SMILES string of the molecule is Cc1cc2nc(COC(=O)c3ccc(C)c(NC(=O)COc4ccccc4Cl)c3)cc(=O)n2o1. The monoisotopic (exact) mass is 481 g/mol. The third-order valence-electron chi connectivity index (χ3n) is 4.82. The Bertz CT molecular complexity index is 1440. The Morgan fingerprint density at radius 2 is 1.91 bits per heavy atom. The Kier molecular flexibility index (Phi) is 6.65. The summed E-state index contributed by atoms with van der Waals surface area (Å²) in [5.41, 5.74) is 1.62. The van der Waals surface area contributed by atoms with E-state index in [4.69, 9.17) is 25.6 Å². The molecule has 0 bridgehead atoms. The van der Waals surface area contributed by atoms with Crippen molar-refractivity contribution in [2.75, 3.05) is 11.9 Å². The van der Waals surface area contributed by atoms with Gasteiger partial charge in [-0.2, -0.15) is 0 Å². The van der Waals surface area contributed by atoms with Gasteiger partial charge in [-0.25, -0.2) is 9.78 Å². The summed E-state index contributed by atoms with van der Waals surface area (Å²) in [4.78, 5) is 41.3. The summed E-state index contributed by atoms with van der Waals surface area (Å²) in [6, 6.07) is 14.5. The minimum absolute atomic E-state index is 0.198. The van der Waals surface area contributed by atoms with Crippen LogP contribution in [0.4, 0.5) is 5.69 Å². The number of nitrogens with zero attached hydrogens (tertiary/aromatic N) is 2. The number of hydrogen-bond acceptors (Lipinski definition) is 7. The van der Waals surface area contributed by atoms with Gasteiger partial charge in [0.2, 0.25) is 0 Å². The highest BCUT2D eigenvalue weighted by Gasteiger charge is 2.14. The second kappa shape index (κ2) is 9.80. The van der Waals surface area contributed by atoms with Crippen LogP contribution in [0.1, 0.15) is 27.4 Å². The highest BCUT2D eigenvalue weighted by atomic mass is 35.5. The predicted molar refractivity (Wildman–Crippen MR) is 124 cm³/mol. The molecule has 0 aliphatic heterocycles. The van der Waals surface area contributed by atoms with Gasteiger partial charge in [-0.15, -0.1) is 4.57 Å². The van der Waals surface area contributed by atoms with Gasteiger partial charge in [0, 0.05) is 17.8 Å². The van der Waals surface area contributed by atoms with Gasteiger partial charge in [0.15, 0.2) is 12.3 Å². The van der Waals surface area contributed by atoms with Gasteiger partial charge in [0.05, 0.1) is 16.3 Å². The lowest BCUT2D eigenvalue weighted by atomic mass is 10.1. The van der Waals surface area contributed by atoms with E-state index < -0.39 is 17.4 Å². The van der Waals surface area contributed by atoms with Gasteiger partial charge >= 0.3 is 5.97 Å². The van der Waals surface area contributed by atoms with E-state index in [2.05, 4.69) is 10.3 Å². The highest BCUT2D eigenvalue weighted by Crippen LogP contribution is 2.23. The van der Waals surface area contributed by atoms with Crippen LogP contribution in [-0.2, 0) is 16.1 Å². The molecule has 0 fully saturated rings. The van der Waals surface area contributed by atoms with Crippen LogP contribution in [0.15, 0.2) is 63.9 Å². The molecule has 10 heteroatoms. The summed E-state index contributed by atoms with van der Waals surface area (Å²) in [7, 11) is 0. The predicted octanol–water partition coefficient (Wildman–Crippen LogP) is 3.93. The minimum Gasteiger partial charge on any atom is -0.482 e. The summed E-state index contributed by atoms with van der Waals surface area (Å²) in [6.07, 6.45) is 0. The fourth-order valence-electron chi connectivity index (χ4n) is 3.15. The number of hydrogen-bond donors (Lipinski definition) is 1. The van der Waals surface area contributed by atoms with E-state index in [0.717, 1.165) is 10.1 Å². The molecule has 0 spiro atoms. The van der Waals surface area contributed by atoms with Crippen molar-refractivity contribution >= 4 is 34.8 Å². The maximum Gasteiger partial charge on any atom is 0.338 e. The Labute approximate surface area is 198 Å². The number of amides is 1. The number of rotatable bonds is 7. The summed E-state index contributed by atoms with van der Waals surface area (Å²) >= 11 is 6.03. The largest absolute Gasteiger partial charge is 0.482 e. The third kappa shape index (κ3) is 5.26. The van der Waals surface area contributed by atoms with Crippen LogP contribution in [0.25, 0.3) is 5.65 Å². The molecule has 34 heavy (non-hydrogen) atoms. The molecule has 9 nitrogen and oxygen atoms in total. The average molecular weight is 482 g/mol. The number of halogens is 1. The zero-order valence-electron chi connectivity index (χ0n) is 18.3. The Hall–Kier alpha value is -4.11. The number of benzene rings is 2. The number of nitrogens with one attached hydrogen (secondary N) is 1. The lowest BCUT2D eigenvalue weighted by molar-refractivity contribution is -0.118. The number of aryl methyl sites for hydroxylation is 2. The van der Waals surface area contributed by atoms with Crippen molar-refractivity contribution in [3.63, 3.8) is 0 Å². The van der Waals surface area contributed by atoms with Crippen LogP contribution in [0.5, 0.6) is 5.75 Å². The summed E-state index contributed by atoms with van der Waals surface area (Å²) < 4.78 is 17.0. The number of para-hydroxylation sites is 1. The number of carbonyl (C=O) groups excluding carboxylic acids is 2. The van der Waals surface area contributed by atoms with Gasteiger partial charge in [0.25, 0.3) is 11.5 Å². The molecule has 0 unspecified atom stereocenters. The van der Waals surface area contributed by atoms with E-state index in [1.807, 2.05) is 0 Å². The smallest absolute Gasteiger partial charge is 0.338 e. The molecular formula is C24H20ClN3O6. The molecule has 0 radical (unpaired) electrons. The van der Waals surface area contributed by atoms with Gasteiger partial charge < -0.3 is 19.3 Å². The fraction of sp³-hybridized carbons (Fsp3) is 0.167. The average Bonchev–Trinajstić information content (AvgIpc) is 3.19. The molecule has 2 heterocycles. The molecular weight excluding hydrogens is 462 g/mol. The van der Waals surface area contributed by atoms with Crippen molar-refractivity contribution in [1.29, 1.82) is 0 Å². The number of ether oxygens (including phenoxy) is 2. The first-order chi connectivity index (χ1) is 16.3. The van der Waals surface area contributed by atoms with Crippen LogP contribution in [0.2, 0.25) is 5.02 Å². The van der Waals surface area contributed by atoms with E-state index in [1.165, 1.54) is 12.1 Å². The molecule has 2 aromatic heterocycles. The van der Waals surface area contributed by atoms with Crippen LogP contribution in [0, 0.1) is 13.8 Å². The maximum atomic E-state index is 12.6. The van der Waals surface area contributed by atoms with Crippen molar-refractivity contribution in [1.82, 2.24) is 9.56 Å². The molecule has 4 rings (SSSR count). The van der Waals surface area contributed by atoms with Crippen molar-refractivity contribution < 1.29 is 23.6 Å². The summed E-state index contributed by atoms with van der Waals surface area (Å²) in [5, 5.41) is 3.12. The Morgan fingerprint density at radius 3 is 2.71 bits per heavy atom. The van der Waals surface area contributed by atoms with Crippen LogP contribution in [0.3, 0.4) is 0 Å². The van der Waals surface area contributed by atoms with E-state index in [0.29, 0.717) is 27.9 Å². The minimum atomic E-state index is -0.631. The molecule has 0 saturated heterocycles. The Morgan fingerprint density at radius 1 is 1.12 bits per heavy atom. The third-order valence-corrected chi connectivity index (χ3v) is 5.13. The molecule has 1 N–H and O–H groups in total. The van der Waals surface area contributed by atoms with Gasteiger partial charge in [-0.3, -0.25) is 9.59 Å². The maximum absolute atomic E-state index is 12.6. The lowest BCUT2D eigenvalue weighted by Crippen LogP contribution is -2.21. The zero-order valence-corrected chi connectivity index (χ0v) is 19.1. The standard InChI is InChI=1S/C24H20ClN3O6/c1-14-7-8-16(10-19(14)27-22(29)13-32-20-6-4-3-5-18(20)25)24(31)33-12-17-11-23(30)28-21(26-17)9-15(2)34-28/h3-11H,12-13H2,1-2H3,(H,27,29). The first-order valence-electron chi connectivity index (χ1n) is 10.2. The van der Waals surface area contributed by atoms with Gasteiger partial charge in [-0.05, 0) is 43.7 Å². The first-order valence-corrected chi connectivity index (χ1v) is 10.6. The molecule has 0 aliphatic carbocycles. The quantitative estimate of drug-likeness (QED) is 0.398.